The molecule has 1 N–H and O–H groups in total. The molecule has 0 bridgehead atoms. The molecule has 10 heteroatoms. The monoisotopic (exact) mass is 568 g/mol. The van der Waals surface area contributed by atoms with Gasteiger partial charge in [0.2, 0.25) is 5.91 Å². The first kappa shape index (κ1) is 27.9. The van der Waals surface area contributed by atoms with Gasteiger partial charge in [0.15, 0.2) is 11.5 Å². The molecule has 0 aliphatic carbocycles. The summed E-state index contributed by atoms with van der Waals surface area (Å²) in [5.74, 6) is -0.786. The van der Waals surface area contributed by atoms with Crippen LogP contribution in [0, 0.1) is 5.82 Å². The third kappa shape index (κ3) is 6.32. The van der Waals surface area contributed by atoms with Crippen molar-refractivity contribution < 1.29 is 27.1 Å². The number of sulfonamides is 1. The van der Waals surface area contributed by atoms with Gasteiger partial charge in [0, 0.05) is 6.07 Å². The lowest BCUT2D eigenvalue weighted by molar-refractivity contribution is -0.120. The van der Waals surface area contributed by atoms with Crippen LogP contribution in [0.4, 0.5) is 10.1 Å². The average Bonchev–Trinajstić information content (AvgIpc) is 2.96. The first-order valence-electron chi connectivity index (χ1n) is 11.8. The zero-order valence-electron chi connectivity index (χ0n) is 21.2. The van der Waals surface area contributed by atoms with Crippen molar-refractivity contribution in [1.82, 2.24) is 5.32 Å². The van der Waals surface area contributed by atoms with E-state index in [0.717, 1.165) is 27.6 Å². The predicted molar refractivity (Wildman–Crippen MR) is 148 cm³/mol. The molecule has 0 aliphatic rings. The van der Waals surface area contributed by atoms with Crippen molar-refractivity contribution in [3.63, 3.8) is 0 Å². The minimum Gasteiger partial charge on any atom is -0.493 e. The molecule has 7 nitrogen and oxygen atoms in total. The van der Waals surface area contributed by atoms with Crippen molar-refractivity contribution in [1.29, 1.82) is 0 Å². The van der Waals surface area contributed by atoms with Gasteiger partial charge in [0.1, 0.15) is 12.4 Å². The van der Waals surface area contributed by atoms with Gasteiger partial charge in [-0.15, -0.1) is 0 Å². The highest BCUT2D eigenvalue weighted by Crippen LogP contribution is 2.33. The Morgan fingerprint density at radius 2 is 1.46 bits per heavy atom. The summed E-state index contributed by atoms with van der Waals surface area (Å²) in [6, 6.07) is 25.6. The molecule has 4 rings (SSSR count). The summed E-state index contributed by atoms with van der Waals surface area (Å²) >= 11 is 5.99. The van der Waals surface area contributed by atoms with Crippen molar-refractivity contribution in [2.75, 3.05) is 25.1 Å². The second-order valence-electron chi connectivity index (χ2n) is 8.45. The average molecular weight is 569 g/mol. The minimum atomic E-state index is -4.35. The van der Waals surface area contributed by atoms with E-state index in [1.807, 2.05) is 60.7 Å². The molecule has 0 radical (unpaired) electrons. The first-order chi connectivity index (χ1) is 18.7. The van der Waals surface area contributed by atoms with E-state index in [9.17, 15) is 17.6 Å². The number of nitrogens with zero attached hydrogens (tertiary/aromatic N) is 1. The van der Waals surface area contributed by atoms with Crippen LogP contribution in [0.5, 0.6) is 11.5 Å². The lowest BCUT2D eigenvalue weighted by Gasteiger charge is -2.26. The van der Waals surface area contributed by atoms with Gasteiger partial charge >= 0.3 is 0 Å². The number of hydrogen-bond acceptors (Lipinski definition) is 5. The van der Waals surface area contributed by atoms with Gasteiger partial charge in [-0.2, -0.15) is 0 Å². The SMILES string of the molecule is COc1ccc(S(=O)(=O)N(CC(=O)NC(c2ccccc2)c2ccccc2)c2ccc(F)c(Cl)c2)cc1OC. The maximum atomic E-state index is 14.0. The van der Waals surface area contributed by atoms with Gasteiger partial charge in [-0.3, -0.25) is 9.10 Å². The number of nitrogens with one attached hydrogen (secondary N) is 1. The summed E-state index contributed by atoms with van der Waals surface area (Å²) in [5, 5.41) is 2.66. The van der Waals surface area contributed by atoms with Gasteiger partial charge < -0.3 is 14.8 Å². The van der Waals surface area contributed by atoms with E-state index in [0.29, 0.717) is 5.75 Å². The number of carbonyl (C=O) groups excluding carboxylic acids is 1. The summed E-state index contributed by atoms with van der Waals surface area (Å²) in [7, 11) is -1.53. The topological polar surface area (TPSA) is 84.9 Å². The quantitative estimate of drug-likeness (QED) is 0.269. The highest BCUT2D eigenvalue weighted by atomic mass is 35.5. The zero-order chi connectivity index (χ0) is 28.0. The molecule has 0 saturated heterocycles. The molecule has 0 fully saturated rings. The highest BCUT2D eigenvalue weighted by molar-refractivity contribution is 7.92. The van der Waals surface area contributed by atoms with Crippen molar-refractivity contribution in [3.05, 3.63) is 119 Å². The molecule has 4 aromatic carbocycles. The smallest absolute Gasteiger partial charge is 0.264 e. The van der Waals surface area contributed by atoms with Gasteiger partial charge in [0.25, 0.3) is 10.0 Å². The van der Waals surface area contributed by atoms with E-state index in [4.69, 9.17) is 21.1 Å². The van der Waals surface area contributed by atoms with Crippen LogP contribution >= 0.6 is 11.6 Å². The minimum absolute atomic E-state index is 0.0160. The maximum absolute atomic E-state index is 14.0. The van der Waals surface area contributed by atoms with Crippen LogP contribution in [0.25, 0.3) is 0 Å². The third-order valence-corrected chi connectivity index (χ3v) is 8.05. The van der Waals surface area contributed by atoms with Crippen LogP contribution in [0.1, 0.15) is 17.2 Å². The Kier molecular flexibility index (Phi) is 8.73. The van der Waals surface area contributed by atoms with Gasteiger partial charge in [0.05, 0.1) is 35.9 Å². The molecule has 0 aliphatic heterocycles. The largest absolute Gasteiger partial charge is 0.493 e. The van der Waals surface area contributed by atoms with Crippen LogP contribution < -0.4 is 19.1 Å². The Morgan fingerprint density at radius 1 is 0.872 bits per heavy atom. The maximum Gasteiger partial charge on any atom is 0.264 e. The van der Waals surface area contributed by atoms with E-state index < -0.39 is 34.3 Å². The highest BCUT2D eigenvalue weighted by Gasteiger charge is 2.30. The summed E-state index contributed by atoms with van der Waals surface area (Å²) in [5.41, 5.74) is 1.65. The molecular formula is C29H26ClFN2O5S. The standard InChI is InChI=1S/C29H26ClFN2O5S/c1-37-26-16-14-23(18-27(26)38-2)39(35,36)33(22-13-15-25(31)24(30)17-22)19-28(34)32-29(20-9-5-3-6-10-20)21-11-7-4-8-12-21/h3-18,29H,19H2,1-2H3,(H,32,34). The molecule has 0 saturated carbocycles. The molecule has 39 heavy (non-hydrogen) atoms. The Balaban J connectivity index is 1.73. The van der Waals surface area contributed by atoms with Crippen molar-refractivity contribution in [2.24, 2.45) is 0 Å². The van der Waals surface area contributed by atoms with E-state index >= 15 is 0 Å². The number of hydrogen-bond donors (Lipinski definition) is 1. The molecule has 0 atom stereocenters. The summed E-state index contributed by atoms with van der Waals surface area (Å²) in [6.07, 6.45) is 0. The summed E-state index contributed by atoms with van der Waals surface area (Å²) in [4.78, 5) is 13.3. The number of anilines is 1. The normalized spacial score (nSPS) is 11.2. The van der Waals surface area contributed by atoms with Crippen molar-refractivity contribution >= 4 is 33.2 Å². The molecule has 0 aromatic heterocycles. The van der Waals surface area contributed by atoms with Crippen molar-refractivity contribution in [2.45, 2.75) is 10.9 Å². The zero-order valence-corrected chi connectivity index (χ0v) is 22.7. The van der Waals surface area contributed by atoms with Crippen LogP contribution in [-0.4, -0.2) is 35.1 Å². The number of methoxy groups -OCH3 is 2. The molecular weight excluding hydrogens is 543 g/mol. The van der Waals surface area contributed by atoms with E-state index in [1.54, 1.807) is 0 Å². The van der Waals surface area contributed by atoms with Crippen LogP contribution in [-0.2, 0) is 14.8 Å². The number of ether oxygens (including phenoxy) is 2. The van der Waals surface area contributed by atoms with Gasteiger partial charge in [-0.1, -0.05) is 72.3 Å². The number of rotatable bonds is 10. The molecule has 202 valence electrons. The fraction of sp³-hybridized carbons (Fsp3) is 0.138. The summed E-state index contributed by atoms with van der Waals surface area (Å²) < 4.78 is 53.1. The fourth-order valence-electron chi connectivity index (χ4n) is 4.05. The Hall–Kier alpha value is -4.08. The van der Waals surface area contributed by atoms with Crippen LogP contribution in [0.2, 0.25) is 5.02 Å². The fourth-order valence-corrected chi connectivity index (χ4v) is 5.65. The lowest BCUT2D eigenvalue weighted by Crippen LogP contribution is -2.42. The Labute approximate surface area is 231 Å². The molecule has 0 unspecified atom stereocenters. The van der Waals surface area contributed by atoms with E-state index in [1.165, 1.54) is 38.5 Å². The molecule has 0 heterocycles. The third-order valence-electron chi connectivity index (χ3n) is 5.99. The molecule has 0 spiro atoms. The van der Waals surface area contributed by atoms with Crippen LogP contribution in [0.3, 0.4) is 0 Å². The molecule has 4 aromatic rings. The number of halogens is 2. The van der Waals surface area contributed by atoms with E-state index in [2.05, 4.69) is 5.32 Å². The number of carbonyl (C=O) groups is 1. The second kappa shape index (κ2) is 12.2. The number of amides is 1. The molecule has 1 amide bonds. The van der Waals surface area contributed by atoms with E-state index in [-0.39, 0.29) is 21.4 Å². The number of benzene rings is 4. The van der Waals surface area contributed by atoms with Crippen molar-refractivity contribution in [3.8, 4) is 11.5 Å². The predicted octanol–water partition coefficient (Wildman–Crippen LogP) is 5.60. The first-order valence-corrected chi connectivity index (χ1v) is 13.7. The second-order valence-corrected chi connectivity index (χ2v) is 10.7. The van der Waals surface area contributed by atoms with Gasteiger partial charge in [-0.25, -0.2) is 12.8 Å². The summed E-state index contributed by atoms with van der Waals surface area (Å²) in [6.45, 7) is -0.602. The van der Waals surface area contributed by atoms with Gasteiger partial charge in [-0.05, 0) is 41.5 Å². The Morgan fingerprint density at radius 3 is 2.00 bits per heavy atom. The van der Waals surface area contributed by atoms with Crippen LogP contribution in [0.15, 0.2) is 102 Å². The lowest BCUT2D eigenvalue weighted by atomic mass is 9.99. The Bertz CT molecular complexity index is 1510.